The Morgan fingerprint density at radius 1 is 1.32 bits per heavy atom. The van der Waals surface area contributed by atoms with E-state index in [0.29, 0.717) is 26.1 Å². The predicted octanol–water partition coefficient (Wildman–Crippen LogP) is 1.97. The molecule has 0 aromatic heterocycles. The highest BCUT2D eigenvalue weighted by atomic mass is 19.1. The fourth-order valence-corrected chi connectivity index (χ4v) is 3.86. The number of anilines is 1. The van der Waals surface area contributed by atoms with Crippen LogP contribution in [0.3, 0.4) is 0 Å². The average molecular weight is 392 g/mol. The summed E-state index contributed by atoms with van der Waals surface area (Å²) in [7, 11) is 0. The fourth-order valence-electron chi connectivity index (χ4n) is 3.86. The van der Waals surface area contributed by atoms with Crippen molar-refractivity contribution in [2.24, 2.45) is 5.92 Å². The molecule has 3 rings (SSSR count). The van der Waals surface area contributed by atoms with Crippen molar-refractivity contribution in [1.29, 1.82) is 0 Å². The second kappa shape index (κ2) is 8.68. The molecule has 2 saturated heterocycles. The number of carbonyl (C=O) groups excluding carboxylic acids is 2. The lowest BCUT2D eigenvalue weighted by Crippen LogP contribution is -2.47. The minimum atomic E-state index is -0.976. The Labute approximate surface area is 163 Å². The molecular formula is C20H25FN2O5. The highest BCUT2D eigenvalue weighted by Crippen LogP contribution is 2.30. The number of amides is 2. The molecule has 1 unspecified atom stereocenters. The van der Waals surface area contributed by atoms with Crippen molar-refractivity contribution in [2.45, 2.75) is 38.6 Å². The molecule has 0 aliphatic carbocycles. The van der Waals surface area contributed by atoms with Crippen molar-refractivity contribution < 1.29 is 28.6 Å². The number of ether oxygens (including phenoxy) is 1. The number of benzene rings is 1. The summed E-state index contributed by atoms with van der Waals surface area (Å²) in [5.74, 6) is -2.61. The van der Waals surface area contributed by atoms with E-state index < -0.39 is 17.7 Å². The Morgan fingerprint density at radius 3 is 2.68 bits per heavy atom. The summed E-state index contributed by atoms with van der Waals surface area (Å²) in [6, 6.07) is 4.54. The normalized spacial score (nSPS) is 20.4. The van der Waals surface area contributed by atoms with Gasteiger partial charge in [-0.1, -0.05) is 6.07 Å². The van der Waals surface area contributed by atoms with Crippen molar-refractivity contribution in [3.63, 3.8) is 0 Å². The van der Waals surface area contributed by atoms with Gasteiger partial charge in [0.1, 0.15) is 5.82 Å². The number of aryl methyl sites for hydroxylation is 1. The van der Waals surface area contributed by atoms with Crippen LogP contribution < -0.4 is 4.90 Å². The fraction of sp³-hybridized carbons (Fsp3) is 0.550. The molecule has 0 spiro atoms. The molecule has 1 aromatic carbocycles. The van der Waals surface area contributed by atoms with Crippen LogP contribution in [0.15, 0.2) is 18.2 Å². The minimum Gasteiger partial charge on any atom is -0.481 e. The minimum absolute atomic E-state index is 0.00105. The van der Waals surface area contributed by atoms with Gasteiger partial charge in [0, 0.05) is 38.8 Å². The van der Waals surface area contributed by atoms with Crippen LogP contribution in [0, 0.1) is 18.7 Å². The highest BCUT2D eigenvalue weighted by molar-refractivity contribution is 6.00. The summed E-state index contributed by atoms with van der Waals surface area (Å²) >= 11 is 0. The number of carbonyl (C=O) groups is 3. The standard InChI is InChI=1S/C20H25FN2O5/c1-13-2-3-17(16(21)10-13)23-12-14(11-18(23)24)20(27)22(7-4-19(25)26)15-5-8-28-9-6-15/h2-3,10,14-15H,4-9,11-12H2,1H3,(H,25,26). The van der Waals surface area contributed by atoms with E-state index in [1.165, 1.54) is 11.0 Å². The first-order valence-electron chi connectivity index (χ1n) is 9.53. The number of carboxylic acid groups (broad SMARTS) is 1. The Hall–Kier alpha value is -2.48. The van der Waals surface area contributed by atoms with Gasteiger partial charge in [0.15, 0.2) is 0 Å². The van der Waals surface area contributed by atoms with Gasteiger partial charge in [0.25, 0.3) is 0 Å². The zero-order chi connectivity index (χ0) is 20.3. The van der Waals surface area contributed by atoms with Gasteiger partial charge in [0.2, 0.25) is 11.8 Å². The first-order chi connectivity index (χ1) is 13.4. The molecule has 28 heavy (non-hydrogen) atoms. The van der Waals surface area contributed by atoms with Gasteiger partial charge in [-0.2, -0.15) is 0 Å². The Balaban J connectivity index is 1.75. The van der Waals surface area contributed by atoms with E-state index >= 15 is 0 Å². The highest BCUT2D eigenvalue weighted by Gasteiger charge is 2.40. The smallest absolute Gasteiger partial charge is 0.305 e. The van der Waals surface area contributed by atoms with Crippen LogP contribution in [0.5, 0.6) is 0 Å². The quantitative estimate of drug-likeness (QED) is 0.800. The van der Waals surface area contributed by atoms with Crippen LogP contribution in [-0.2, 0) is 19.1 Å². The van der Waals surface area contributed by atoms with E-state index in [1.54, 1.807) is 24.0 Å². The Morgan fingerprint density at radius 2 is 2.04 bits per heavy atom. The van der Waals surface area contributed by atoms with Gasteiger partial charge in [-0.25, -0.2) is 4.39 Å². The van der Waals surface area contributed by atoms with Crippen LogP contribution in [0.4, 0.5) is 10.1 Å². The SMILES string of the molecule is Cc1ccc(N2CC(C(=O)N(CCC(=O)O)C3CCOCC3)CC2=O)c(F)c1. The number of nitrogens with zero attached hydrogens (tertiary/aromatic N) is 2. The summed E-state index contributed by atoms with van der Waals surface area (Å²) < 4.78 is 19.6. The lowest BCUT2D eigenvalue weighted by molar-refractivity contribution is -0.142. The van der Waals surface area contributed by atoms with E-state index in [4.69, 9.17) is 9.84 Å². The van der Waals surface area contributed by atoms with Crippen molar-refractivity contribution in [3.8, 4) is 0 Å². The zero-order valence-corrected chi connectivity index (χ0v) is 15.9. The Bertz CT molecular complexity index is 763. The first kappa shape index (κ1) is 20.3. The van der Waals surface area contributed by atoms with Gasteiger partial charge in [-0.15, -0.1) is 0 Å². The van der Waals surface area contributed by atoms with Crippen molar-refractivity contribution in [2.75, 3.05) is 31.2 Å². The van der Waals surface area contributed by atoms with E-state index in [0.717, 1.165) is 5.56 Å². The molecule has 1 atom stereocenters. The molecule has 0 radical (unpaired) electrons. The summed E-state index contributed by atoms with van der Waals surface area (Å²) in [5, 5.41) is 9.03. The molecule has 2 aliphatic heterocycles. The van der Waals surface area contributed by atoms with Gasteiger partial charge in [-0.3, -0.25) is 14.4 Å². The molecule has 2 fully saturated rings. The molecule has 0 saturated carbocycles. The maximum Gasteiger partial charge on any atom is 0.305 e. The van der Waals surface area contributed by atoms with Gasteiger partial charge in [-0.05, 0) is 37.5 Å². The van der Waals surface area contributed by atoms with Gasteiger partial charge < -0.3 is 19.6 Å². The molecule has 2 aliphatic rings. The maximum atomic E-state index is 14.3. The van der Waals surface area contributed by atoms with Crippen LogP contribution in [-0.4, -0.2) is 60.1 Å². The molecule has 8 heteroatoms. The monoisotopic (exact) mass is 392 g/mol. The summed E-state index contributed by atoms with van der Waals surface area (Å²) in [4.78, 5) is 39.5. The van der Waals surface area contributed by atoms with Crippen LogP contribution in [0.1, 0.15) is 31.2 Å². The van der Waals surface area contributed by atoms with Crippen LogP contribution in [0.25, 0.3) is 0 Å². The third-order valence-electron chi connectivity index (χ3n) is 5.35. The van der Waals surface area contributed by atoms with E-state index in [1.807, 2.05) is 0 Å². The first-order valence-corrected chi connectivity index (χ1v) is 9.53. The Kier molecular flexibility index (Phi) is 6.28. The lowest BCUT2D eigenvalue weighted by Gasteiger charge is -2.35. The van der Waals surface area contributed by atoms with Crippen molar-refractivity contribution >= 4 is 23.5 Å². The lowest BCUT2D eigenvalue weighted by atomic mass is 10.0. The van der Waals surface area contributed by atoms with Crippen molar-refractivity contribution in [1.82, 2.24) is 4.90 Å². The van der Waals surface area contributed by atoms with E-state index in [9.17, 15) is 18.8 Å². The molecular weight excluding hydrogens is 367 g/mol. The largest absolute Gasteiger partial charge is 0.481 e. The topological polar surface area (TPSA) is 87.2 Å². The molecule has 1 N–H and O–H groups in total. The van der Waals surface area contributed by atoms with Gasteiger partial charge >= 0.3 is 5.97 Å². The predicted molar refractivity (Wildman–Crippen MR) is 99.4 cm³/mol. The van der Waals surface area contributed by atoms with Crippen LogP contribution in [0.2, 0.25) is 0 Å². The third kappa shape index (κ3) is 4.49. The molecule has 2 heterocycles. The van der Waals surface area contributed by atoms with Gasteiger partial charge in [0.05, 0.1) is 18.0 Å². The van der Waals surface area contributed by atoms with Crippen molar-refractivity contribution in [3.05, 3.63) is 29.6 Å². The molecule has 7 nitrogen and oxygen atoms in total. The number of halogens is 1. The average Bonchev–Trinajstić information content (AvgIpc) is 3.04. The second-order valence-electron chi connectivity index (χ2n) is 7.38. The van der Waals surface area contributed by atoms with Crippen LogP contribution >= 0.6 is 0 Å². The maximum absolute atomic E-state index is 14.3. The number of aliphatic carboxylic acids is 1. The summed E-state index contributed by atoms with van der Waals surface area (Å²) in [6.07, 6.45) is 1.13. The number of hydrogen-bond acceptors (Lipinski definition) is 4. The van der Waals surface area contributed by atoms with E-state index in [2.05, 4.69) is 0 Å². The summed E-state index contributed by atoms with van der Waals surface area (Å²) in [6.45, 7) is 3.00. The number of carboxylic acids is 1. The molecule has 0 bridgehead atoms. The number of hydrogen-bond donors (Lipinski definition) is 1. The molecule has 152 valence electrons. The molecule has 1 aromatic rings. The third-order valence-corrected chi connectivity index (χ3v) is 5.35. The number of rotatable bonds is 6. The zero-order valence-electron chi connectivity index (χ0n) is 15.9. The summed E-state index contributed by atoms with van der Waals surface area (Å²) in [5.41, 5.74) is 0.925. The molecule has 2 amide bonds. The van der Waals surface area contributed by atoms with E-state index in [-0.39, 0.29) is 49.5 Å². The second-order valence-corrected chi connectivity index (χ2v) is 7.38.